The van der Waals surface area contributed by atoms with Crippen molar-refractivity contribution in [2.45, 2.75) is 18.4 Å². The molecule has 0 heterocycles. The largest absolute Gasteiger partial charge is 0.462 e. The van der Waals surface area contributed by atoms with Crippen LogP contribution in [-0.4, -0.2) is 29.7 Å². The molecule has 26 heavy (non-hydrogen) atoms. The standard InChI is InChI=1S/C18H17NO6S/c1-3-24-17(20)13-8-14(10-15(9-13)19(22)23)18(21)25-11-12-4-6-16(26-2)7-5-12/h4-10H,3,11H2,1-2H3. The van der Waals surface area contributed by atoms with Gasteiger partial charge in [-0.05, 0) is 36.9 Å². The van der Waals surface area contributed by atoms with Crippen molar-refractivity contribution in [3.63, 3.8) is 0 Å². The van der Waals surface area contributed by atoms with Gasteiger partial charge in [0.25, 0.3) is 5.69 Å². The molecule has 0 bridgehead atoms. The van der Waals surface area contributed by atoms with E-state index in [1.807, 2.05) is 30.5 Å². The summed E-state index contributed by atoms with van der Waals surface area (Å²) in [5, 5.41) is 11.0. The summed E-state index contributed by atoms with van der Waals surface area (Å²) in [6, 6.07) is 10.8. The summed E-state index contributed by atoms with van der Waals surface area (Å²) in [5.41, 5.74) is 0.249. The molecule has 2 aromatic carbocycles. The molecular formula is C18H17NO6S. The predicted molar refractivity (Wildman–Crippen MR) is 96.4 cm³/mol. The second-order valence-corrected chi connectivity index (χ2v) is 6.05. The van der Waals surface area contributed by atoms with Crippen LogP contribution < -0.4 is 0 Å². The number of rotatable bonds is 7. The maximum Gasteiger partial charge on any atom is 0.338 e. The van der Waals surface area contributed by atoms with E-state index in [4.69, 9.17) is 9.47 Å². The summed E-state index contributed by atoms with van der Waals surface area (Å²) >= 11 is 1.60. The van der Waals surface area contributed by atoms with E-state index in [2.05, 4.69) is 0 Å². The number of nitro benzene ring substituents is 1. The molecule has 8 heteroatoms. The molecule has 0 saturated carbocycles. The lowest BCUT2D eigenvalue weighted by Crippen LogP contribution is -2.10. The van der Waals surface area contributed by atoms with Crippen molar-refractivity contribution in [1.29, 1.82) is 0 Å². The molecule has 0 radical (unpaired) electrons. The summed E-state index contributed by atoms with van der Waals surface area (Å²) in [5.74, 6) is -1.49. The number of nitro groups is 1. The number of benzene rings is 2. The highest BCUT2D eigenvalue weighted by Crippen LogP contribution is 2.20. The third kappa shape index (κ3) is 5.06. The SMILES string of the molecule is CCOC(=O)c1cc(C(=O)OCc2ccc(SC)cc2)cc([N+](=O)[O-])c1. The minimum Gasteiger partial charge on any atom is -0.462 e. The van der Waals surface area contributed by atoms with Crippen molar-refractivity contribution in [3.05, 3.63) is 69.3 Å². The summed E-state index contributed by atoms with van der Waals surface area (Å²) in [4.78, 5) is 35.5. The van der Waals surface area contributed by atoms with Crippen molar-refractivity contribution in [3.8, 4) is 0 Å². The highest BCUT2D eigenvalue weighted by molar-refractivity contribution is 7.98. The summed E-state index contributed by atoms with van der Waals surface area (Å²) in [6.45, 7) is 1.75. The molecule has 7 nitrogen and oxygen atoms in total. The summed E-state index contributed by atoms with van der Waals surface area (Å²) < 4.78 is 10.0. The van der Waals surface area contributed by atoms with Gasteiger partial charge >= 0.3 is 11.9 Å². The Balaban J connectivity index is 2.17. The van der Waals surface area contributed by atoms with E-state index in [0.29, 0.717) is 0 Å². The third-order valence-corrected chi connectivity index (χ3v) is 4.15. The normalized spacial score (nSPS) is 10.2. The van der Waals surface area contributed by atoms with E-state index in [0.717, 1.165) is 22.6 Å². The van der Waals surface area contributed by atoms with Gasteiger partial charge in [0.05, 0.1) is 22.7 Å². The lowest BCUT2D eigenvalue weighted by atomic mass is 10.1. The van der Waals surface area contributed by atoms with Crippen molar-refractivity contribution in [1.82, 2.24) is 0 Å². The second kappa shape index (κ2) is 9.00. The van der Waals surface area contributed by atoms with Crippen LogP contribution in [0.5, 0.6) is 0 Å². The zero-order chi connectivity index (χ0) is 19.1. The molecule has 2 aromatic rings. The molecule has 0 saturated heterocycles. The minimum atomic E-state index is -0.756. The first-order valence-electron chi connectivity index (χ1n) is 7.71. The van der Waals surface area contributed by atoms with Crippen LogP contribution >= 0.6 is 11.8 Å². The molecular weight excluding hydrogens is 358 g/mol. The van der Waals surface area contributed by atoms with Crippen molar-refractivity contribution >= 4 is 29.4 Å². The number of non-ortho nitro benzene ring substituents is 1. The Labute approximate surface area is 154 Å². The molecule has 0 fully saturated rings. The van der Waals surface area contributed by atoms with Crippen LogP contribution in [-0.2, 0) is 16.1 Å². The quantitative estimate of drug-likeness (QED) is 0.314. The molecule has 136 valence electrons. The number of hydrogen-bond acceptors (Lipinski definition) is 7. The lowest BCUT2D eigenvalue weighted by Gasteiger charge is -2.07. The highest BCUT2D eigenvalue weighted by atomic mass is 32.2. The third-order valence-electron chi connectivity index (χ3n) is 3.40. The fourth-order valence-corrected chi connectivity index (χ4v) is 2.53. The van der Waals surface area contributed by atoms with Crippen LogP contribution in [0, 0.1) is 10.1 Å². The van der Waals surface area contributed by atoms with Gasteiger partial charge in [0.1, 0.15) is 6.61 Å². The van der Waals surface area contributed by atoms with Gasteiger partial charge in [-0.1, -0.05) is 12.1 Å². The predicted octanol–water partition coefficient (Wildman–Crippen LogP) is 3.85. The van der Waals surface area contributed by atoms with Crippen LogP contribution in [0.1, 0.15) is 33.2 Å². The number of hydrogen-bond donors (Lipinski definition) is 0. The van der Waals surface area contributed by atoms with E-state index in [1.165, 1.54) is 6.07 Å². The average Bonchev–Trinajstić information content (AvgIpc) is 2.66. The molecule has 0 aliphatic heterocycles. The molecule has 0 aromatic heterocycles. The molecule has 0 amide bonds. The van der Waals surface area contributed by atoms with Gasteiger partial charge in [0.2, 0.25) is 0 Å². The number of esters is 2. The van der Waals surface area contributed by atoms with Gasteiger partial charge in [0, 0.05) is 17.0 Å². The number of nitrogens with zero attached hydrogens (tertiary/aromatic N) is 1. The molecule has 0 aliphatic carbocycles. The van der Waals surface area contributed by atoms with Gasteiger partial charge < -0.3 is 9.47 Å². The Morgan fingerprint density at radius 2 is 1.62 bits per heavy atom. The van der Waals surface area contributed by atoms with Crippen LogP contribution in [0.15, 0.2) is 47.4 Å². The van der Waals surface area contributed by atoms with E-state index in [-0.39, 0.29) is 30.0 Å². The topological polar surface area (TPSA) is 95.7 Å². The first-order valence-corrected chi connectivity index (χ1v) is 8.93. The Bertz CT molecular complexity index is 819. The lowest BCUT2D eigenvalue weighted by molar-refractivity contribution is -0.384. The number of thioether (sulfide) groups is 1. The second-order valence-electron chi connectivity index (χ2n) is 5.17. The number of ether oxygens (including phenoxy) is 2. The Hall–Kier alpha value is -2.87. The first kappa shape index (κ1) is 19.5. The van der Waals surface area contributed by atoms with Crippen molar-refractivity contribution in [2.75, 3.05) is 12.9 Å². The zero-order valence-electron chi connectivity index (χ0n) is 14.3. The highest BCUT2D eigenvalue weighted by Gasteiger charge is 2.19. The van der Waals surface area contributed by atoms with Crippen LogP contribution in [0.2, 0.25) is 0 Å². The zero-order valence-corrected chi connectivity index (χ0v) is 15.1. The first-order chi connectivity index (χ1) is 12.4. The van der Waals surface area contributed by atoms with E-state index < -0.39 is 16.9 Å². The molecule has 0 spiro atoms. The Kier molecular flexibility index (Phi) is 6.74. The molecule has 0 atom stereocenters. The molecule has 0 unspecified atom stereocenters. The number of carbonyl (C=O) groups excluding carboxylic acids is 2. The number of carbonyl (C=O) groups is 2. The summed E-state index contributed by atoms with van der Waals surface area (Å²) in [7, 11) is 0. The Morgan fingerprint density at radius 3 is 2.12 bits per heavy atom. The van der Waals surface area contributed by atoms with Gasteiger partial charge in [-0.2, -0.15) is 0 Å². The molecule has 2 rings (SSSR count). The van der Waals surface area contributed by atoms with Gasteiger partial charge in [-0.25, -0.2) is 9.59 Å². The van der Waals surface area contributed by atoms with E-state index in [1.54, 1.807) is 18.7 Å². The average molecular weight is 375 g/mol. The van der Waals surface area contributed by atoms with Gasteiger partial charge in [-0.3, -0.25) is 10.1 Å². The van der Waals surface area contributed by atoms with Crippen LogP contribution in [0.25, 0.3) is 0 Å². The van der Waals surface area contributed by atoms with Crippen molar-refractivity contribution < 1.29 is 24.0 Å². The van der Waals surface area contributed by atoms with Gasteiger partial charge in [0.15, 0.2) is 0 Å². The molecule has 0 N–H and O–H groups in total. The fraction of sp³-hybridized carbons (Fsp3) is 0.222. The van der Waals surface area contributed by atoms with E-state index >= 15 is 0 Å². The van der Waals surface area contributed by atoms with Crippen LogP contribution in [0.3, 0.4) is 0 Å². The monoisotopic (exact) mass is 375 g/mol. The summed E-state index contributed by atoms with van der Waals surface area (Å²) in [6.07, 6.45) is 1.96. The molecule has 0 aliphatic rings. The van der Waals surface area contributed by atoms with Crippen LogP contribution in [0.4, 0.5) is 5.69 Å². The van der Waals surface area contributed by atoms with E-state index in [9.17, 15) is 19.7 Å². The van der Waals surface area contributed by atoms with Gasteiger partial charge in [-0.15, -0.1) is 11.8 Å². The minimum absolute atomic E-state index is 0.0188. The maximum absolute atomic E-state index is 12.2. The van der Waals surface area contributed by atoms with Crippen molar-refractivity contribution in [2.24, 2.45) is 0 Å². The fourth-order valence-electron chi connectivity index (χ4n) is 2.12. The Morgan fingerprint density at radius 1 is 1.04 bits per heavy atom. The maximum atomic E-state index is 12.2. The smallest absolute Gasteiger partial charge is 0.338 e.